The monoisotopic (exact) mass is 545 g/mol. The average molecular weight is 546 g/mol. The van der Waals surface area contributed by atoms with Crippen LogP contribution in [0.25, 0.3) is 16.5 Å². The van der Waals surface area contributed by atoms with Gasteiger partial charge in [-0.1, -0.05) is 24.8 Å². The number of aromatic amines is 1. The lowest BCUT2D eigenvalue weighted by molar-refractivity contribution is 0.0723. The number of likely N-dealkylation sites (tertiary alicyclic amines) is 1. The molecule has 0 radical (unpaired) electrons. The Morgan fingerprint density at radius 2 is 1.87 bits per heavy atom. The van der Waals surface area contributed by atoms with Crippen LogP contribution in [0.5, 0.6) is 5.75 Å². The maximum Gasteiger partial charge on any atom is 0.137 e. The van der Waals surface area contributed by atoms with Crippen LogP contribution in [-0.2, 0) is 6.42 Å². The van der Waals surface area contributed by atoms with E-state index in [1.54, 1.807) is 0 Å². The Morgan fingerprint density at radius 3 is 2.53 bits per heavy atom. The zero-order chi connectivity index (χ0) is 27.2. The van der Waals surface area contributed by atoms with Gasteiger partial charge in [0.15, 0.2) is 0 Å². The second kappa shape index (κ2) is 10.6. The lowest BCUT2D eigenvalue weighted by atomic mass is 9.85. The van der Waals surface area contributed by atoms with Crippen LogP contribution in [0.1, 0.15) is 43.6 Å². The Labute approximate surface area is 227 Å². The average Bonchev–Trinajstić information content (AvgIpc) is 3.17. The third-order valence-electron chi connectivity index (χ3n) is 7.67. The Morgan fingerprint density at radius 1 is 1.18 bits per heavy atom. The van der Waals surface area contributed by atoms with Crippen LogP contribution >= 0.6 is 11.6 Å². The summed E-state index contributed by atoms with van der Waals surface area (Å²) in [5.41, 5.74) is 1.37. The van der Waals surface area contributed by atoms with Gasteiger partial charge >= 0.3 is 0 Å². The molecule has 2 aliphatic rings. The van der Waals surface area contributed by atoms with Crippen LogP contribution < -0.4 is 4.74 Å². The van der Waals surface area contributed by atoms with Gasteiger partial charge in [0.05, 0.1) is 11.6 Å². The van der Waals surface area contributed by atoms with Gasteiger partial charge in [0, 0.05) is 66.8 Å². The predicted molar refractivity (Wildman–Crippen MR) is 148 cm³/mol. The number of fused-ring (bicyclic) bond motifs is 3. The first kappa shape index (κ1) is 27.1. The molecule has 204 valence electrons. The molecule has 2 aliphatic heterocycles. The molecule has 38 heavy (non-hydrogen) atoms. The maximum atomic E-state index is 15.5. The van der Waals surface area contributed by atoms with Crippen molar-refractivity contribution in [3.8, 4) is 5.75 Å². The second-order valence-corrected chi connectivity index (χ2v) is 11.6. The van der Waals surface area contributed by atoms with Gasteiger partial charge in [0.1, 0.15) is 29.7 Å². The maximum absolute atomic E-state index is 15.5. The first-order valence-electron chi connectivity index (χ1n) is 13.2. The molecule has 0 saturated carbocycles. The molecule has 8 heteroatoms. The normalized spacial score (nSPS) is 20.9. The van der Waals surface area contributed by atoms with Gasteiger partial charge in [0.2, 0.25) is 0 Å². The summed E-state index contributed by atoms with van der Waals surface area (Å²) in [6.45, 7) is 12.2. The number of rotatable bonds is 9. The van der Waals surface area contributed by atoms with Crippen molar-refractivity contribution in [1.29, 1.82) is 0 Å². The Hall–Kier alpha value is -2.48. The minimum Gasteiger partial charge on any atom is -0.492 e. The van der Waals surface area contributed by atoms with Gasteiger partial charge in [-0.15, -0.1) is 11.6 Å². The van der Waals surface area contributed by atoms with Crippen LogP contribution in [0.2, 0.25) is 0 Å². The fraction of sp³-hybridized carbons (Fsp3) is 0.467. The first-order chi connectivity index (χ1) is 18.1. The number of nitrogens with zero attached hydrogens (tertiary/aromatic N) is 2. The minimum atomic E-state index is -1.51. The number of para-hydroxylation sites is 1. The number of hydrogen-bond acceptors (Lipinski definition) is 3. The van der Waals surface area contributed by atoms with Crippen molar-refractivity contribution in [1.82, 2.24) is 14.8 Å². The summed E-state index contributed by atoms with van der Waals surface area (Å²) in [6.07, 6.45) is 0.694. The van der Waals surface area contributed by atoms with Crippen molar-refractivity contribution < 1.29 is 17.9 Å². The summed E-state index contributed by atoms with van der Waals surface area (Å²) in [5, 5.41) is 1.07. The SMILES string of the molecule is C=C(c1c(F)cc(OCCN2CC(CCl)C2)cc1F)[C@@H]1c2[nH]c3ccccc3c2C[C@@H](C)N1CC(C)(C)F. The number of nitrogens with one attached hydrogen (secondary N) is 1. The lowest BCUT2D eigenvalue weighted by Gasteiger charge is -2.43. The molecule has 2 atom stereocenters. The van der Waals surface area contributed by atoms with E-state index < -0.39 is 23.3 Å². The van der Waals surface area contributed by atoms with E-state index in [1.807, 2.05) is 36.1 Å². The molecule has 2 aromatic carbocycles. The van der Waals surface area contributed by atoms with E-state index in [4.69, 9.17) is 16.3 Å². The highest BCUT2D eigenvalue weighted by Gasteiger charge is 2.40. The molecule has 1 N–H and O–H groups in total. The number of aromatic nitrogens is 1. The fourth-order valence-corrected chi connectivity index (χ4v) is 6.08. The molecule has 0 aliphatic carbocycles. The predicted octanol–water partition coefficient (Wildman–Crippen LogP) is 6.74. The van der Waals surface area contributed by atoms with E-state index in [0.29, 0.717) is 31.4 Å². The molecule has 3 aromatic rings. The standard InChI is InChI=1S/C30H35ClF3N3O/c1-18-11-23-22-7-5-6-8-26(22)35-28(23)29(37(18)17-30(3,4)34)19(2)27-24(32)12-21(13-25(27)33)38-10-9-36-15-20(14-31)16-36/h5-8,12-13,18,20,29,35H,2,9-11,14-17H2,1,3-4H3/t18-,29-/m1/s1. The van der Waals surface area contributed by atoms with Crippen LogP contribution in [0.3, 0.4) is 0 Å². The third-order valence-corrected chi connectivity index (χ3v) is 8.11. The number of H-pyrrole nitrogens is 1. The summed E-state index contributed by atoms with van der Waals surface area (Å²) in [6, 6.07) is 9.67. The zero-order valence-electron chi connectivity index (χ0n) is 22.2. The van der Waals surface area contributed by atoms with E-state index >= 15 is 8.78 Å². The molecule has 1 saturated heterocycles. The van der Waals surface area contributed by atoms with Crippen molar-refractivity contribution >= 4 is 28.1 Å². The number of hydrogen-bond donors (Lipinski definition) is 1. The van der Waals surface area contributed by atoms with Gasteiger partial charge in [-0.25, -0.2) is 13.2 Å². The first-order valence-corrected chi connectivity index (χ1v) is 13.7. The summed E-state index contributed by atoms with van der Waals surface area (Å²) < 4.78 is 51.7. The number of alkyl halides is 2. The summed E-state index contributed by atoms with van der Waals surface area (Å²) in [7, 11) is 0. The zero-order valence-corrected chi connectivity index (χ0v) is 22.9. The van der Waals surface area contributed by atoms with Crippen molar-refractivity contribution in [3.63, 3.8) is 0 Å². The summed E-state index contributed by atoms with van der Waals surface area (Å²) in [5.74, 6) is -0.215. The molecule has 4 nitrogen and oxygen atoms in total. The fourth-order valence-electron chi connectivity index (χ4n) is 5.89. The topological polar surface area (TPSA) is 31.5 Å². The van der Waals surface area contributed by atoms with Crippen LogP contribution in [0.4, 0.5) is 13.2 Å². The molecule has 5 rings (SSSR count). The molecule has 0 amide bonds. The summed E-state index contributed by atoms with van der Waals surface area (Å²) in [4.78, 5) is 7.61. The van der Waals surface area contributed by atoms with Crippen LogP contribution in [0.15, 0.2) is 43.0 Å². The molecule has 3 heterocycles. The van der Waals surface area contributed by atoms with Gasteiger partial charge in [0.25, 0.3) is 0 Å². The smallest absolute Gasteiger partial charge is 0.137 e. The van der Waals surface area contributed by atoms with E-state index in [2.05, 4.69) is 16.5 Å². The second-order valence-electron chi connectivity index (χ2n) is 11.3. The number of ether oxygens (including phenoxy) is 1. The highest BCUT2D eigenvalue weighted by Crippen LogP contribution is 2.45. The van der Waals surface area contributed by atoms with Gasteiger partial charge in [-0.05, 0) is 50.3 Å². The van der Waals surface area contributed by atoms with E-state index in [1.165, 1.54) is 26.0 Å². The van der Waals surface area contributed by atoms with E-state index in [-0.39, 0.29) is 29.5 Å². The van der Waals surface area contributed by atoms with Crippen molar-refractivity contribution in [2.24, 2.45) is 5.92 Å². The Kier molecular flexibility index (Phi) is 7.55. The molecule has 1 fully saturated rings. The molecule has 0 unspecified atom stereocenters. The summed E-state index contributed by atoms with van der Waals surface area (Å²) >= 11 is 5.85. The highest BCUT2D eigenvalue weighted by molar-refractivity contribution is 6.18. The van der Waals surface area contributed by atoms with Gasteiger partial charge in [-0.3, -0.25) is 9.80 Å². The minimum absolute atomic E-state index is 0.0629. The molecule has 1 aromatic heterocycles. The molecular formula is C30H35ClF3N3O. The van der Waals surface area contributed by atoms with Gasteiger partial charge < -0.3 is 9.72 Å². The van der Waals surface area contributed by atoms with Crippen molar-refractivity contribution in [2.45, 2.75) is 44.9 Å². The Bertz CT molecular complexity index is 1310. The van der Waals surface area contributed by atoms with Crippen LogP contribution in [-0.4, -0.2) is 65.2 Å². The lowest BCUT2D eigenvalue weighted by Crippen LogP contribution is -2.48. The number of benzene rings is 2. The quantitative estimate of drug-likeness (QED) is 0.302. The number of halogens is 4. The van der Waals surface area contributed by atoms with E-state index in [9.17, 15) is 4.39 Å². The molecule has 0 bridgehead atoms. The highest BCUT2D eigenvalue weighted by atomic mass is 35.5. The van der Waals surface area contributed by atoms with Crippen molar-refractivity contribution in [2.75, 3.05) is 38.7 Å². The van der Waals surface area contributed by atoms with Gasteiger partial charge in [-0.2, -0.15) is 0 Å². The largest absolute Gasteiger partial charge is 0.492 e. The molecular weight excluding hydrogens is 511 g/mol. The van der Waals surface area contributed by atoms with E-state index in [0.717, 1.165) is 35.2 Å². The van der Waals surface area contributed by atoms with Crippen LogP contribution in [0, 0.1) is 17.6 Å². The molecule has 0 spiro atoms. The van der Waals surface area contributed by atoms with Crippen molar-refractivity contribution in [3.05, 3.63) is 71.4 Å². The third kappa shape index (κ3) is 5.33. The Balaban J connectivity index is 1.44.